The highest BCUT2D eigenvalue weighted by molar-refractivity contribution is 6.32. The highest BCUT2D eigenvalue weighted by atomic mass is 16.4. The minimum Gasteiger partial charge on any atom is -0.478 e. The van der Waals surface area contributed by atoms with E-state index in [-0.39, 0.29) is 11.5 Å². The van der Waals surface area contributed by atoms with Crippen molar-refractivity contribution in [3.8, 4) is 11.3 Å². The number of anilines is 1. The summed E-state index contributed by atoms with van der Waals surface area (Å²) >= 11 is 0. The summed E-state index contributed by atoms with van der Waals surface area (Å²) in [7, 11) is 0. The van der Waals surface area contributed by atoms with E-state index in [0.717, 1.165) is 0 Å². The molecule has 6 heteroatoms. The normalized spacial score (nSPS) is 15.1. The fourth-order valence-electron chi connectivity index (χ4n) is 3.16. The zero-order valence-corrected chi connectivity index (χ0v) is 15.9. The lowest BCUT2D eigenvalue weighted by atomic mass is 10.0. The van der Waals surface area contributed by atoms with Crippen molar-refractivity contribution >= 4 is 29.4 Å². The number of para-hydroxylation sites is 1. The highest BCUT2D eigenvalue weighted by Crippen LogP contribution is 2.28. The molecular formula is C23H18N2O4. The second-order valence-electron chi connectivity index (χ2n) is 6.73. The van der Waals surface area contributed by atoms with Crippen molar-refractivity contribution in [1.29, 1.82) is 0 Å². The number of aromatic carboxylic acids is 1. The van der Waals surface area contributed by atoms with E-state index in [4.69, 9.17) is 4.42 Å². The molecule has 0 aliphatic carbocycles. The van der Waals surface area contributed by atoms with Gasteiger partial charge in [0.05, 0.1) is 22.5 Å². The number of hydrogen-bond donors (Lipinski definition) is 1. The molecule has 4 rings (SSSR count). The number of hydrazone groups is 1. The molecule has 0 fully saturated rings. The van der Waals surface area contributed by atoms with Crippen LogP contribution in [0.25, 0.3) is 17.4 Å². The van der Waals surface area contributed by atoms with Crippen LogP contribution in [0.5, 0.6) is 0 Å². The molecule has 3 aromatic rings. The zero-order valence-electron chi connectivity index (χ0n) is 15.9. The van der Waals surface area contributed by atoms with Crippen LogP contribution in [0.3, 0.4) is 0 Å². The molecule has 2 heterocycles. The van der Waals surface area contributed by atoms with Crippen molar-refractivity contribution in [3.05, 3.63) is 83.1 Å². The Kier molecular flexibility index (Phi) is 4.60. The summed E-state index contributed by atoms with van der Waals surface area (Å²) in [5.74, 6) is -0.192. The first-order chi connectivity index (χ1) is 13.9. The fraction of sp³-hybridized carbons (Fsp3) is 0.0870. The van der Waals surface area contributed by atoms with E-state index in [1.54, 1.807) is 44.2 Å². The van der Waals surface area contributed by atoms with Gasteiger partial charge in [-0.3, -0.25) is 4.79 Å². The summed E-state index contributed by atoms with van der Waals surface area (Å²) < 4.78 is 5.85. The number of hydrogen-bond acceptors (Lipinski definition) is 4. The van der Waals surface area contributed by atoms with Gasteiger partial charge in [-0.1, -0.05) is 30.3 Å². The van der Waals surface area contributed by atoms with Crippen molar-refractivity contribution in [2.45, 2.75) is 13.8 Å². The zero-order chi connectivity index (χ0) is 20.5. The molecule has 0 spiro atoms. The van der Waals surface area contributed by atoms with Gasteiger partial charge in [0, 0.05) is 5.56 Å². The van der Waals surface area contributed by atoms with Gasteiger partial charge < -0.3 is 9.52 Å². The Labute approximate surface area is 167 Å². The fourth-order valence-corrected chi connectivity index (χ4v) is 3.16. The Hall–Kier alpha value is -3.93. The molecule has 2 aromatic carbocycles. The van der Waals surface area contributed by atoms with E-state index >= 15 is 0 Å². The minimum absolute atomic E-state index is 0.227. The van der Waals surface area contributed by atoms with Crippen LogP contribution in [0.1, 0.15) is 28.6 Å². The number of nitrogens with zero attached hydrogens (tertiary/aromatic N) is 2. The number of amides is 1. The maximum Gasteiger partial charge on any atom is 0.335 e. The summed E-state index contributed by atoms with van der Waals surface area (Å²) in [5, 5.41) is 15.0. The average molecular weight is 386 g/mol. The molecule has 6 nitrogen and oxygen atoms in total. The van der Waals surface area contributed by atoms with Crippen LogP contribution >= 0.6 is 0 Å². The van der Waals surface area contributed by atoms with Gasteiger partial charge in [0.25, 0.3) is 5.91 Å². The van der Waals surface area contributed by atoms with Crippen molar-refractivity contribution in [3.63, 3.8) is 0 Å². The smallest absolute Gasteiger partial charge is 0.335 e. The number of aryl methyl sites for hydroxylation is 1. The highest BCUT2D eigenvalue weighted by Gasteiger charge is 2.28. The quantitative estimate of drug-likeness (QED) is 0.656. The van der Waals surface area contributed by atoms with E-state index in [2.05, 4.69) is 5.10 Å². The minimum atomic E-state index is -0.984. The predicted octanol–water partition coefficient (Wildman–Crippen LogP) is 4.76. The van der Waals surface area contributed by atoms with E-state index < -0.39 is 5.97 Å². The van der Waals surface area contributed by atoms with Crippen molar-refractivity contribution in [2.24, 2.45) is 5.10 Å². The first-order valence-corrected chi connectivity index (χ1v) is 9.05. The van der Waals surface area contributed by atoms with Crippen LogP contribution in [0.2, 0.25) is 0 Å². The molecule has 1 N–H and O–H groups in total. The topological polar surface area (TPSA) is 83.1 Å². The lowest BCUT2D eigenvalue weighted by Crippen LogP contribution is -2.21. The number of carbonyl (C=O) groups is 2. The third-order valence-electron chi connectivity index (χ3n) is 4.73. The summed E-state index contributed by atoms with van der Waals surface area (Å²) in [5.41, 5.74) is 3.31. The maximum absolute atomic E-state index is 12.8. The van der Waals surface area contributed by atoms with E-state index in [1.165, 1.54) is 5.01 Å². The SMILES string of the molecule is CC1=NN(c2ccccc2)C(=O)/C1=C/c1ccc(-c2ccc(C)c(C(=O)O)c2)o1. The summed E-state index contributed by atoms with van der Waals surface area (Å²) in [4.78, 5) is 24.2. The Morgan fingerprint density at radius 2 is 1.83 bits per heavy atom. The van der Waals surface area contributed by atoms with Crippen molar-refractivity contribution in [2.75, 3.05) is 5.01 Å². The van der Waals surface area contributed by atoms with Gasteiger partial charge in [-0.05, 0) is 55.8 Å². The standard InChI is InChI=1S/C23H18N2O4/c1-14-8-9-16(12-19(14)23(27)28)21-11-10-18(29-21)13-20-15(2)24-25(22(20)26)17-6-4-3-5-7-17/h3-13H,1-2H3,(H,27,28)/b20-13+. The van der Waals surface area contributed by atoms with Crippen LogP contribution in [0.15, 0.2) is 75.8 Å². The Bertz CT molecular complexity index is 1170. The molecule has 1 aromatic heterocycles. The van der Waals surface area contributed by atoms with Crippen LogP contribution in [-0.2, 0) is 4.79 Å². The monoisotopic (exact) mass is 386 g/mol. The Balaban J connectivity index is 1.63. The first kappa shape index (κ1) is 18.4. The third kappa shape index (κ3) is 3.48. The van der Waals surface area contributed by atoms with Gasteiger partial charge >= 0.3 is 5.97 Å². The molecule has 0 atom stereocenters. The second kappa shape index (κ2) is 7.24. The van der Waals surface area contributed by atoms with E-state index in [1.807, 2.05) is 36.4 Å². The van der Waals surface area contributed by atoms with E-state index in [0.29, 0.717) is 39.6 Å². The van der Waals surface area contributed by atoms with Gasteiger partial charge in [0.2, 0.25) is 0 Å². The first-order valence-electron chi connectivity index (χ1n) is 9.05. The number of carboxylic acids is 1. The largest absolute Gasteiger partial charge is 0.478 e. The van der Waals surface area contributed by atoms with Crippen molar-refractivity contribution in [1.82, 2.24) is 0 Å². The molecule has 0 radical (unpaired) electrons. The summed E-state index contributed by atoms with van der Waals surface area (Å²) in [6.45, 7) is 3.52. The van der Waals surface area contributed by atoms with Gasteiger partial charge in [0.1, 0.15) is 11.5 Å². The van der Waals surface area contributed by atoms with Crippen LogP contribution in [-0.4, -0.2) is 22.7 Å². The van der Waals surface area contributed by atoms with E-state index in [9.17, 15) is 14.7 Å². The molecule has 0 unspecified atom stereocenters. The molecule has 0 bridgehead atoms. The van der Waals surface area contributed by atoms with Gasteiger partial charge in [0.15, 0.2) is 0 Å². The Morgan fingerprint density at radius 3 is 2.55 bits per heavy atom. The summed E-state index contributed by atoms with van der Waals surface area (Å²) in [6.07, 6.45) is 1.65. The predicted molar refractivity (Wildman–Crippen MR) is 111 cm³/mol. The second-order valence-corrected chi connectivity index (χ2v) is 6.73. The lowest BCUT2D eigenvalue weighted by molar-refractivity contribution is -0.114. The molecule has 0 saturated heterocycles. The van der Waals surface area contributed by atoms with Gasteiger partial charge in [-0.15, -0.1) is 0 Å². The third-order valence-corrected chi connectivity index (χ3v) is 4.73. The van der Waals surface area contributed by atoms with Crippen molar-refractivity contribution < 1.29 is 19.1 Å². The number of carbonyl (C=O) groups excluding carboxylic acids is 1. The van der Waals surface area contributed by atoms with Gasteiger partial charge in [-0.2, -0.15) is 10.1 Å². The molecule has 144 valence electrons. The number of benzene rings is 2. The lowest BCUT2D eigenvalue weighted by Gasteiger charge is -2.10. The molecule has 1 aliphatic heterocycles. The molecule has 29 heavy (non-hydrogen) atoms. The Morgan fingerprint density at radius 1 is 1.07 bits per heavy atom. The number of furan rings is 1. The molecule has 1 aliphatic rings. The number of rotatable bonds is 4. The molecule has 1 amide bonds. The average Bonchev–Trinajstić information content (AvgIpc) is 3.29. The summed E-state index contributed by atoms with van der Waals surface area (Å²) in [6, 6.07) is 17.8. The van der Waals surface area contributed by atoms with Crippen LogP contribution < -0.4 is 5.01 Å². The van der Waals surface area contributed by atoms with Gasteiger partial charge in [-0.25, -0.2) is 4.79 Å². The number of carboxylic acid groups (broad SMARTS) is 1. The molecular weight excluding hydrogens is 368 g/mol. The van der Waals surface area contributed by atoms with Crippen LogP contribution in [0.4, 0.5) is 5.69 Å². The molecule has 0 saturated carbocycles. The maximum atomic E-state index is 12.8. The van der Waals surface area contributed by atoms with Crippen LogP contribution in [0, 0.1) is 6.92 Å².